The summed E-state index contributed by atoms with van der Waals surface area (Å²) in [5, 5.41) is 13.3. The molecule has 5 heteroatoms. The molecule has 1 aromatic carbocycles. The highest BCUT2D eigenvalue weighted by molar-refractivity contribution is 5.42. The predicted molar refractivity (Wildman–Crippen MR) is 60.9 cm³/mol. The third kappa shape index (κ3) is 2.55. The standard InChI is InChI=1S/C12H14N2O3/c1-3-11-13-12(17-14-11)7-16-10-6-4-5-9(15)8(10)2/h4-6,15H,3,7H2,1-2H3. The maximum absolute atomic E-state index is 9.51. The van der Waals surface area contributed by atoms with Gasteiger partial charge in [-0.2, -0.15) is 4.98 Å². The average molecular weight is 234 g/mol. The molecule has 0 aliphatic heterocycles. The number of hydrogen-bond acceptors (Lipinski definition) is 5. The highest BCUT2D eigenvalue weighted by Crippen LogP contribution is 2.26. The van der Waals surface area contributed by atoms with Gasteiger partial charge >= 0.3 is 0 Å². The monoisotopic (exact) mass is 234 g/mol. The zero-order valence-electron chi connectivity index (χ0n) is 9.80. The van der Waals surface area contributed by atoms with Crippen molar-refractivity contribution in [2.24, 2.45) is 0 Å². The molecule has 2 rings (SSSR count). The van der Waals surface area contributed by atoms with Crippen molar-refractivity contribution in [1.82, 2.24) is 10.1 Å². The van der Waals surface area contributed by atoms with Crippen LogP contribution in [-0.4, -0.2) is 15.2 Å². The van der Waals surface area contributed by atoms with Crippen LogP contribution in [0.4, 0.5) is 0 Å². The van der Waals surface area contributed by atoms with E-state index < -0.39 is 0 Å². The summed E-state index contributed by atoms with van der Waals surface area (Å²) in [5.74, 6) is 1.92. The number of rotatable bonds is 4. The fourth-order valence-corrected chi connectivity index (χ4v) is 1.39. The van der Waals surface area contributed by atoms with Crippen LogP contribution in [0.5, 0.6) is 11.5 Å². The van der Waals surface area contributed by atoms with Gasteiger partial charge in [0.1, 0.15) is 11.5 Å². The Morgan fingerprint density at radius 1 is 1.41 bits per heavy atom. The molecule has 17 heavy (non-hydrogen) atoms. The molecule has 0 fully saturated rings. The summed E-state index contributed by atoms with van der Waals surface area (Å²) in [7, 11) is 0. The molecule has 0 aliphatic rings. The van der Waals surface area contributed by atoms with Gasteiger partial charge in [0.05, 0.1) is 0 Å². The molecule has 1 heterocycles. The van der Waals surface area contributed by atoms with E-state index in [1.165, 1.54) is 0 Å². The van der Waals surface area contributed by atoms with E-state index in [9.17, 15) is 5.11 Å². The zero-order chi connectivity index (χ0) is 12.3. The van der Waals surface area contributed by atoms with Gasteiger partial charge in [0, 0.05) is 12.0 Å². The lowest BCUT2D eigenvalue weighted by molar-refractivity contribution is 0.240. The molecule has 1 N–H and O–H groups in total. The highest BCUT2D eigenvalue weighted by atomic mass is 16.5. The Kier molecular flexibility index (Phi) is 3.27. The summed E-state index contributed by atoms with van der Waals surface area (Å²) in [5.41, 5.74) is 0.697. The van der Waals surface area contributed by atoms with Crippen LogP contribution in [-0.2, 0) is 13.0 Å². The summed E-state index contributed by atoms with van der Waals surface area (Å²) in [4.78, 5) is 4.13. The highest BCUT2D eigenvalue weighted by Gasteiger charge is 2.08. The Morgan fingerprint density at radius 3 is 2.94 bits per heavy atom. The van der Waals surface area contributed by atoms with Crippen molar-refractivity contribution in [3.05, 3.63) is 35.5 Å². The number of phenols is 1. The van der Waals surface area contributed by atoms with Gasteiger partial charge < -0.3 is 14.4 Å². The largest absolute Gasteiger partial charge is 0.508 e. The molecule has 2 aromatic rings. The van der Waals surface area contributed by atoms with Crippen LogP contribution in [0.1, 0.15) is 24.2 Å². The summed E-state index contributed by atoms with van der Waals surface area (Å²) in [6, 6.07) is 5.12. The second-order valence-electron chi connectivity index (χ2n) is 3.65. The molecule has 0 amide bonds. The zero-order valence-corrected chi connectivity index (χ0v) is 9.80. The third-order valence-corrected chi connectivity index (χ3v) is 2.43. The van der Waals surface area contributed by atoms with Crippen LogP contribution in [0.15, 0.2) is 22.7 Å². The van der Waals surface area contributed by atoms with E-state index in [1.807, 2.05) is 6.92 Å². The Bertz CT molecular complexity index is 508. The van der Waals surface area contributed by atoms with Crippen molar-refractivity contribution in [2.75, 3.05) is 0 Å². The molecule has 90 valence electrons. The van der Waals surface area contributed by atoms with Gasteiger partial charge in [0.25, 0.3) is 5.89 Å². The van der Waals surface area contributed by atoms with Crippen LogP contribution in [0.25, 0.3) is 0 Å². The Morgan fingerprint density at radius 2 is 2.24 bits per heavy atom. The smallest absolute Gasteiger partial charge is 0.264 e. The predicted octanol–water partition coefficient (Wildman–Crippen LogP) is 2.23. The van der Waals surface area contributed by atoms with Crippen molar-refractivity contribution in [2.45, 2.75) is 26.9 Å². The Labute approximate surface area is 99.0 Å². The van der Waals surface area contributed by atoms with E-state index in [0.29, 0.717) is 23.0 Å². The van der Waals surface area contributed by atoms with E-state index in [1.54, 1.807) is 25.1 Å². The first-order valence-corrected chi connectivity index (χ1v) is 5.43. The van der Waals surface area contributed by atoms with Crippen molar-refractivity contribution in [3.63, 3.8) is 0 Å². The van der Waals surface area contributed by atoms with Crippen LogP contribution in [0.3, 0.4) is 0 Å². The third-order valence-electron chi connectivity index (χ3n) is 2.43. The van der Waals surface area contributed by atoms with Gasteiger partial charge in [-0.15, -0.1) is 0 Å². The first-order chi connectivity index (χ1) is 8.20. The van der Waals surface area contributed by atoms with Crippen molar-refractivity contribution in [3.8, 4) is 11.5 Å². The Balaban J connectivity index is 2.04. The second kappa shape index (κ2) is 4.86. The fourth-order valence-electron chi connectivity index (χ4n) is 1.39. The molecule has 0 saturated heterocycles. The molecule has 0 radical (unpaired) electrons. The summed E-state index contributed by atoms with van der Waals surface area (Å²) in [6.07, 6.45) is 0.731. The SMILES string of the molecule is CCc1noc(COc2cccc(O)c2C)n1. The minimum atomic E-state index is 0.206. The maximum Gasteiger partial charge on any atom is 0.264 e. The van der Waals surface area contributed by atoms with Crippen molar-refractivity contribution in [1.29, 1.82) is 0 Å². The molecule has 5 nitrogen and oxygen atoms in total. The van der Waals surface area contributed by atoms with Gasteiger partial charge in [0.2, 0.25) is 0 Å². The minimum absolute atomic E-state index is 0.206. The maximum atomic E-state index is 9.51. The van der Waals surface area contributed by atoms with Crippen LogP contribution in [0, 0.1) is 6.92 Å². The second-order valence-corrected chi connectivity index (χ2v) is 3.65. The number of aromatic hydroxyl groups is 1. The van der Waals surface area contributed by atoms with Gasteiger partial charge in [0.15, 0.2) is 12.4 Å². The van der Waals surface area contributed by atoms with Gasteiger partial charge in [-0.1, -0.05) is 18.1 Å². The lowest BCUT2D eigenvalue weighted by atomic mass is 10.2. The van der Waals surface area contributed by atoms with E-state index >= 15 is 0 Å². The van der Waals surface area contributed by atoms with Gasteiger partial charge in [-0.25, -0.2) is 0 Å². The number of benzene rings is 1. The number of hydrogen-bond donors (Lipinski definition) is 1. The van der Waals surface area contributed by atoms with E-state index in [4.69, 9.17) is 9.26 Å². The lowest BCUT2D eigenvalue weighted by Gasteiger charge is -2.07. The summed E-state index contributed by atoms with van der Waals surface area (Å²) >= 11 is 0. The quantitative estimate of drug-likeness (QED) is 0.878. The molecule has 0 spiro atoms. The molecule has 0 atom stereocenters. The van der Waals surface area contributed by atoms with Crippen molar-refractivity contribution >= 4 is 0 Å². The van der Waals surface area contributed by atoms with E-state index in [0.717, 1.165) is 6.42 Å². The number of aromatic nitrogens is 2. The first-order valence-electron chi connectivity index (χ1n) is 5.43. The summed E-state index contributed by atoms with van der Waals surface area (Å²) < 4.78 is 10.5. The van der Waals surface area contributed by atoms with Gasteiger partial charge in [-0.05, 0) is 19.1 Å². The summed E-state index contributed by atoms with van der Waals surface area (Å²) in [6.45, 7) is 3.95. The fraction of sp³-hybridized carbons (Fsp3) is 0.333. The van der Waals surface area contributed by atoms with Crippen molar-refractivity contribution < 1.29 is 14.4 Å². The first kappa shape index (κ1) is 11.4. The molecule has 0 unspecified atom stereocenters. The van der Waals surface area contributed by atoms with E-state index in [-0.39, 0.29) is 12.4 Å². The molecule has 1 aromatic heterocycles. The average Bonchev–Trinajstić information content (AvgIpc) is 2.79. The van der Waals surface area contributed by atoms with E-state index in [2.05, 4.69) is 10.1 Å². The molecular formula is C12H14N2O3. The molecular weight excluding hydrogens is 220 g/mol. The lowest BCUT2D eigenvalue weighted by Crippen LogP contribution is -1.97. The minimum Gasteiger partial charge on any atom is -0.508 e. The van der Waals surface area contributed by atoms with Gasteiger partial charge in [-0.3, -0.25) is 0 Å². The van der Waals surface area contributed by atoms with Crippen LogP contribution < -0.4 is 4.74 Å². The molecule has 0 saturated carbocycles. The topological polar surface area (TPSA) is 68.4 Å². The normalized spacial score (nSPS) is 10.5. The van der Waals surface area contributed by atoms with Crippen LogP contribution >= 0.6 is 0 Å². The number of aryl methyl sites for hydroxylation is 1. The molecule has 0 bridgehead atoms. The Hall–Kier alpha value is -2.04. The number of ether oxygens (including phenoxy) is 1. The molecule has 0 aliphatic carbocycles. The number of phenolic OH excluding ortho intramolecular Hbond substituents is 1. The van der Waals surface area contributed by atoms with Crippen LogP contribution in [0.2, 0.25) is 0 Å². The number of nitrogens with zero attached hydrogens (tertiary/aromatic N) is 2.